The van der Waals surface area contributed by atoms with Crippen molar-refractivity contribution in [3.8, 4) is 0 Å². The SMILES string of the molecule is CCCn1ncc(NCCS(=O)(=O)N(C)C)c(Cl)c1=O. The van der Waals surface area contributed by atoms with Crippen molar-refractivity contribution in [3.05, 3.63) is 21.6 Å². The molecule has 0 radical (unpaired) electrons. The van der Waals surface area contributed by atoms with Crippen LogP contribution in [0.3, 0.4) is 0 Å². The van der Waals surface area contributed by atoms with Gasteiger partial charge in [0.15, 0.2) is 0 Å². The van der Waals surface area contributed by atoms with Crippen LogP contribution in [0.1, 0.15) is 13.3 Å². The largest absolute Gasteiger partial charge is 0.381 e. The van der Waals surface area contributed by atoms with E-state index in [0.717, 1.165) is 10.7 Å². The van der Waals surface area contributed by atoms with Gasteiger partial charge >= 0.3 is 0 Å². The molecule has 9 heteroatoms. The fourth-order valence-corrected chi connectivity index (χ4v) is 2.39. The standard InChI is InChI=1S/C11H19ClN4O3S/c1-4-6-16-11(17)10(12)9(8-14-16)13-5-7-20(18,19)15(2)3/h8,13H,4-7H2,1-3H3. The summed E-state index contributed by atoms with van der Waals surface area (Å²) in [6.07, 6.45) is 2.21. The van der Waals surface area contributed by atoms with E-state index in [9.17, 15) is 13.2 Å². The molecule has 1 heterocycles. The van der Waals surface area contributed by atoms with Crippen LogP contribution in [0.15, 0.2) is 11.0 Å². The number of anilines is 1. The molecule has 0 aliphatic rings. The van der Waals surface area contributed by atoms with Crippen LogP contribution in [-0.4, -0.2) is 48.9 Å². The molecule has 0 saturated carbocycles. The number of aromatic nitrogens is 2. The summed E-state index contributed by atoms with van der Waals surface area (Å²) in [6, 6.07) is 0. The molecule has 114 valence electrons. The molecule has 0 amide bonds. The summed E-state index contributed by atoms with van der Waals surface area (Å²) < 4.78 is 25.6. The van der Waals surface area contributed by atoms with Gasteiger partial charge in [0, 0.05) is 27.2 Å². The van der Waals surface area contributed by atoms with Crippen molar-refractivity contribution in [1.82, 2.24) is 14.1 Å². The smallest absolute Gasteiger partial charge is 0.287 e. The molecule has 0 aromatic carbocycles. The molecule has 1 aromatic rings. The van der Waals surface area contributed by atoms with Crippen molar-refractivity contribution in [2.45, 2.75) is 19.9 Å². The van der Waals surface area contributed by atoms with Gasteiger partial charge < -0.3 is 5.32 Å². The predicted molar refractivity (Wildman–Crippen MR) is 79.8 cm³/mol. The number of hydrogen-bond donors (Lipinski definition) is 1. The molecule has 0 aliphatic carbocycles. The minimum atomic E-state index is -3.28. The summed E-state index contributed by atoms with van der Waals surface area (Å²) in [6.45, 7) is 2.58. The first-order valence-electron chi connectivity index (χ1n) is 6.19. The lowest BCUT2D eigenvalue weighted by Crippen LogP contribution is -2.29. The first kappa shape index (κ1) is 16.9. The van der Waals surface area contributed by atoms with Crippen molar-refractivity contribution >= 4 is 27.3 Å². The molecule has 0 atom stereocenters. The van der Waals surface area contributed by atoms with Gasteiger partial charge in [-0.1, -0.05) is 18.5 Å². The molecule has 0 aliphatic heterocycles. The number of sulfonamides is 1. The highest BCUT2D eigenvalue weighted by atomic mass is 35.5. The first-order valence-corrected chi connectivity index (χ1v) is 8.18. The van der Waals surface area contributed by atoms with Gasteiger partial charge in [-0.25, -0.2) is 17.4 Å². The number of aryl methyl sites for hydroxylation is 1. The Kier molecular flexibility index (Phi) is 5.97. The van der Waals surface area contributed by atoms with Crippen LogP contribution in [0.25, 0.3) is 0 Å². The summed E-state index contributed by atoms with van der Waals surface area (Å²) in [5, 5.41) is 6.82. The van der Waals surface area contributed by atoms with Gasteiger partial charge in [0.25, 0.3) is 5.56 Å². The predicted octanol–water partition coefficient (Wildman–Crippen LogP) is 0.610. The van der Waals surface area contributed by atoms with Crippen LogP contribution < -0.4 is 10.9 Å². The quantitative estimate of drug-likeness (QED) is 0.795. The maximum Gasteiger partial charge on any atom is 0.287 e. The van der Waals surface area contributed by atoms with Gasteiger partial charge in [-0.3, -0.25) is 4.79 Å². The normalized spacial score (nSPS) is 11.8. The van der Waals surface area contributed by atoms with Gasteiger partial charge in [-0.15, -0.1) is 0 Å². The topological polar surface area (TPSA) is 84.3 Å². The molecular formula is C11H19ClN4O3S. The van der Waals surface area contributed by atoms with Crippen molar-refractivity contribution in [3.63, 3.8) is 0 Å². The third-order valence-corrected chi connectivity index (χ3v) is 4.85. The van der Waals surface area contributed by atoms with Crippen LogP contribution in [0.5, 0.6) is 0 Å². The van der Waals surface area contributed by atoms with E-state index in [0.29, 0.717) is 12.2 Å². The van der Waals surface area contributed by atoms with Gasteiger partial charge in [-0.05, 0) is 6.42 Å². The summed E-state index contributed by atoms with van der Waals surface area (Å²) in [4.78, 5) is 11.8. The highest BCUT2D eigenvalue weighted by Crippen LogP contribution is 2.15. The van der Waals surface area contributed by atoms with Gasteiger partial charge in [0.2, 0.25) is 10.0 Å². The number of nitrogens with zero attached hydrogens (tertiary/aromatic N) is 3. The van der Waals surface area contributed by atoms with Crippen molar-refractivity contribution in [2.75, 3.05) is 31.7 Å². The summed E-state index contributed by atoms with van der Waals surface area (Å²) in [7, 11) is -0.348. The molecule has 0 spiro atoms. The van der Waals surface area contributed by atoms with E-state index in [1.54, 1.807) is 0 Å². The lowest BCUT2D eigenvalue weighted by atomic mass is 10.4. The third kappa shape index (κ3) is 4.19. The Morgan fingerprint density at radius 1 is 1.45 bits per heavy atom. The molecule has 1 rings (SSSR count). The van der Waals surface area contributed by atoms with Crippen molar-refractivity contribution < 1.29 is 8.42 Å². The molecule has 0 bridgehead atoms. The monoisotopic (exact) mass is 322 g/mol. The second-order valence-corrected chi connectivity index (χ2v) is 7.11. The van der Waals surface area contributed by atoms with Crippen LogP contribution in [0.4, 0.5) is 5.69 Å². The Hall–Kier alpha value is -1.12. The van der Waals surface area contributed by atoms with Crippen molar-refractivity contribution in [2.24, 2.45) is 0 Å². The summed E-state index contributed by atoms with van der Waals surface area (Å²) in [5.74, 6) is -0.0889. The lowest BCUT2D eigenvalue weighted by molar-refractivity contribution is 0.521. The van der Waals surface area contributed by atoms with Crippen LogP contribution in [-0.2, 0) is 16.6 Å². The second-order valence-electron chi connectivity index (χ2n) is 4.43. The molecule has 0 unspecified atom stereocenters. The van der Waals surface area contributed by atoms with Crippen LogP contribution in [0.2, 0.25) is 5.02 Å². The molecule has 1 aromatic heterocycles. The summed E-state index contributed by atoms with van der Waals surface area (Å²) >= 11 is 5.95. The Morgan fingerprint density at radius 3 is 2.65 bits per heavy atom. The van der Waals surface area contributed by atoms with Crippen LogP contribution >= 0.6 is 11.6 Å². The summed E-state index contributed by atoms with van der Waals surface area (Å²) in [5.41, 5.74) is -0.0352. The highest BCUT2D eigenvalue weighted by molar-refractivity contribution is 7.89. The average Bonchev–Trinajstić information content (AvgIpc) is 2.37. The van der Waals surface area contributed by atoms with E-state index < -0.39 is 10.0 Å². The average molecular weight is 323 g/mol. The zero-order valence-electron chi connectivity index (χ0n) is 11.8. The zero-order chi connectivity index (χ0) is 15.3. The molecular weight excluding hydrogens is 304 g/mol. The number of rotatable bonds is 7. The van der Waals surface area contributed by atoms with Gasteiger partial charge in [0.1, 0.15) is 5.02 Å². The fraction of sp³-hybridized carbons (Fsp3) is 0.636. The lowest BCUT2D eigenvalue weighted by Gasteiger charge is -2.13. The van der Waals surface area contributed by atoms with E-state index >= 15 is 0 Å². The van der Waals surface area contributed by atoms with E-state index in [-0.39, 0.29) is 22.9 Å². The molecule has 7 nitrogen and oxygen atoms in total. The molecule has 20 heavy (non-hydrogen) atoms. The minimum Gasteiger partial charge on any atom is -0.381 e. The fourth-order valence-electron chi connectivity index (χ4n) is 1.46. The van der Waals surface area contributed by atoms with E-state index in [1.165, 1.54) is 25.0 Å². The Bertz CT molecular complexity index is 613. The van der Waals surface area contributed by atoms with E-state index in [4.69, 9.17) is 11.6 Å². The highest BCUT2D eigenvalue weighted by Gasteiger charge is 2.14. The molecule has 0 saturated heterocycles. The van der Waals surface area contributed by atoms with Crippen molar-refractivity contribution in [1.29, 1.82) is 0 Å². The Morgan fingerprint density at radius 2 is 2.10 bits per heavy atom. The number of hydrogen-bond acceptors (Lipinski definition) is 5. The first-order chi connectivity index (χ1) is 9.29. The number of nitrogens with one attached hydrogen (secondary N) is 1. The van der Waals surface area contributed by atoms with Crippen LogP contribution in [0, 0.1) is 0 Å². The number of halogens is 1. The third-order valence-electron chi connectivity index (χ3n) is 2.65. The molecule has 1 N–H and O–H groups in total. The van der Waals surface area contributed by atoms with E-state index in [1.807, 2.05) is 6.92 Å². The zero-order valence-corrected chi connectivity index (χ0v) is 13.3. The Balaban J connectivity index is 2.76. The Labute approximate surface area is 123 Å². The maximum absolute atomic E-state index is 11.8. The van der Waals surface area contributed by atoms with Gasteiger partial charge in [0.05, 0.1) is 17.6 Å². The molecule has 0 fully saturated rings. The maximum atomic E-state index is 11.8. The van der Waals surface area contributed by atoms with Gasteiger partial charge in [-0.2, -0.15) is 5.10 Å². The van der Waals surface area contributed by atoms with E-state index in [2.05, 4.69) is 10.4 Å². The minimum absolute atomic E-state index is 0.0238. The second kappa shape index (κ2) is 7.05.